The highest BCUT2D eigenvalue weighted by Gasteiger charge is 2.37. The molecule has 7 heteroatoms. The number of hydrogen-bond donors (Lipinski definition) is 0. The zero-order valence-corrected chi connectivity index (χ0v) is 18.9. The number of furan rings is 1. The van der Waals surface area contributed by atoms with Crippen molar-refractivity contribution in [3.63, 3.8) is 0 Å². The zero-order valence-electron chi connectivity index (χ0n) is 18.1. The molecule has 3 atom stereocenters. The van der Waals surface area contributed by atoms with Gasteiger partial charge in [-0.3, -0.25) is 14.6 Å². The number of hydrogen-bond acceptors (Lipinski definition) is 6. The van der Waals surface area contributed by atoms with Crippen LogP contribution in [0, 0.1) is 17.2 Å². The molecule has 2 aromatic heterocycles. The Morgan fingerprint density at radius 2 is 2.06 bits per heavy atom. The molecule has 0 bridgehead atoms. The minimum absolute atomic E-state index is 0.193. The first-order valence-electron chi connectivity index (χ1n) is 11.4. The summed E-state index contributed by atoms with van der Waals surface area (Å²) in [4.78, 5) is 20.6. The summed E-state index contributed by atoms with van der Waals surface area (Å²) in [5.74, 6) is 3.61. The third kappa shape index (κ3) is 4.72. The van der Waals surface area contributed by atoms with E-state index in [1.165, 1.54) is 19.3 Å². The fraction of sp³-hybridized carbons (Fsp3) is 0.583. The van der Waals surface area contributed by atoms with Crippen molar-refractivity contribution < 1.29 is 9.21 Å². The van der Waals surface area contributed by atoms with Crippen LogP contribution in [-0.4, -0.2) is 59.4 Å². The van der Waals surface area contributed by atoms with Crippen molar-refractivity contribution in [2.45, 2.75) is 50.7 Å². The zero-order chi connectivity index (χ0) is 21.4. The van der Waals surface area contributed by atoms with Crippen molar-refractivity contribution in [1.29, 1.82) is 5.26 Å². The van der Waals surface area contributed by atoms with Crippen LogP contribution in [0.25, 0.3) is 0 Å². The number of rotatable bonds is 8. The van der Waals surface area contributed by atoms with Gasteiger partial charge in [-0.1, -0.05) is 13.0 Å². The molecule has 2 aromatic rings. The second-order valence-electron chi connectivity index (χ2n) is 9.22. The maximum Gasteiger partial charge on any atom is 0.236 e. The Hall–Kier alpha value is -2.14. The van der Waals surface area contributed by atoms with Crippen molar-refractivity contribution in [3.8, 4) is 6.07 Å². The number of nitrogens with zero attached hydrogens (tertiary/aromatic N) is 4. The summed E-state index contributed by atoms with van der Waals surface area (Å²) in [7, 11) is 0. The predicted octanol–water partition coefficient (Wildman–Crippen LogP) is 3.84. The average molecular weight is 439 g/mol. The minimum Gasteiger partial charge on any atom is -0.464 e. The molecule has 0 aromatic carbocycles. The molecule has 0 radical (unpaired) electrons. The van der Waals surface area contributed by atoms with Gasteiger partial charge in [0, 0.05) is 43.0 Å². The van der Waals surface area contributed by atoms with Gasteiger partial charge in [-0.25, -0.2) is 0 Å². The SMILES string of the molecule is C[C@@H]1C[C@@H]1c1ccc(CN(CC(=O)N2CCN([C@@H](C#N)c3cccs3)CC2)C2CC2)o1. The summed E-state index contributed by atoms with van der Waals surface area (Å²) in [6.07, 6.45) is 3.56. The Bertz CT molecular complexity index is 937. The van der Waals surface area contributed by atoms with E-state index in [-0.39, 0.29) is 11.9 Å². The first kappa shape index (κ1) is 20.7. The summed E-state index contributed by atoms with van der Waals surface area (Å²) >= 11 is 1.62. The van der Waals surface area contributed by atoms with Gasteiger partial charge in [0.15, 0.2) is 0 Å². The van der Waals surface area contributed by atoms with E-state index in [0.717, 1.165) is 35.4 Å². The largest absolute Gasteiger partial charge is 0.464 e. The van der Waals surface area contributed by atoms with Crippen molar-refractivity contribution in [2.75, 3.05) is 32.7 Å². The van der Waals surface area contributed by atoms with Crippen LogP contribution in [-0.2, 0) is 11.3 Å². The van der Waals surface area contributed by atoms with Gasteiger partial charge in [0.05, 0.1) is 19.2 Å². The highest BCUT2D eigenvalue weighted by Crippen LogP contribution is 2.47. The fourth-order valence-electron chi connectivity index (χ4n) is 4.63. The van der Waals surface area contributed by atoms with Gasteiger partial charge in [-0.05, 0) is 48.8 Å². The lowest BCUT2D eigenvalue weighted by molar-refractivity contribution is -0.134. The molecule has 2 aliphatic carbocycles. The highest BCUT2D eigenvalue weighted by molar-refractivity contribution is 7.10. The van der Waals surface area contributed by atoms with Crippen LogP contribution in [0.3, 0.4) is 0 Å². The monoisotopic (exact) mass is 438 g/mol. The number of carbonyl (C=O) groups excluding carboxylic acids is 1. The molecule has 2 saturated carbocycles. The molecule has 1 aliphatic heterocycles. The lowest BCUT2D eigenvalue weighted by Gasteiger charge is -2.37. The summed E-state index contributed by atoms with van der Waals surface area (Å²) < 4.78 is 6.10. The smallest absolute Gasteiger partial charge is 0.236 e. The third-order valence-corrected chi connectivity index (χ3v) is 7.81. The van der Waals surface area contributed by atoms with Crippen LogP contribution >= 0.6 is 11.3 Å². The van der Waals surface area contributed by atoms with Gasteiger partial charge >= 0.3 is 0 Å². The van der Waals surface area contributed by atoms with Crippen molar-refractivity contribution in [2.24, 2.45) is 5.92 Å². The lowest BCUT2D eigenvalue weighted by Crippen LogP contribution is -2.51. The van der Waals surface area contributed by atoms with Gasteiger partial charge in [-0.2, -0.15) is 5.26 Å². The molecular formula is C24H30N4O2S. The second kappa shape index (κ2) is 8.78. The third-order valence-electron chi connectivity index (χ3n) is 6.88. The van der Waals surface area contributed by atoms with E-state index < -0.39 is 0 Å². The first-order valence-corrected chi connectivity index (χ1v) is 12.3. The molecule has 3 heterocycles. The average Bonchev–Trinajstić information content (AvgIpc) is 3.64. The van der Waals surface area contributed by atoms with E-state index in [4.69, 9.17) is 4.42 Å². The van der Waals surface area contributed by atoms with Crippen LogP contribution in [0.2, 0.25) is 0 Å². The fourth-order valence-corrected chi connectivity index (χ4v) is 5.43. The molecule has 3 fully saturated rings. The van der Waals surface area contributed by atoms with E-state index in [1.54, 1.807) is 11.3 Å². The maximum atomic E-state index is 13.0. The Kier molecular flexibility index (Phi) is 5.87. The summed E-state index contributed by atoms with van der Waals surface area (Å²) in [6.45, 7) is 6.29. The highest BCUT2D eigenvalue weighted by atomic mass is 32.1. The summed E-state index contributed by atoms with van der Waals surface area (Å²) in [5.41, 5.74) is 0. The standard InChI is InChI=1S/C24H30N4O2S/c1-17-13-20(17)22-7-6-19(30-22)15-28(18-4-5-18)16-24(29)27-10-8-26(9-11-27)21(14-25)23-3-2-12-31-23/h2-3,6-7,12,17-18,20-21H,4-5,8-11,13,15-16H2,1H3/t17-,20+,21+/m1/s1. The van der Waals surface area contributed by atoms with E-state index >= 15 is 0 Å². The van der Waals surface area contributed by atoms with Crippen LogP contribution in [0.1, 0.15) is 54.5 Å². The second-order valence-corrected chi connectivity index (χ2v) is 10.2. The van der Waals surface area contributed by atoms with Crippen molar-refractivity contribution in [1.82, 2.24) is 14.7 Å². The van der Waals surface area contributed by atoms with Gasteiger partial charge < -0.3 is 9.32 Å². The van der Waals surface area contributed by atoms with E-state index in [0.29, 0.717) is 38.1 Å². The Labute approximate surface area is 188 Å². The lowest BCUT2D eigenvalue weighted by atomic mass is 10.2. The Balaban J connectivity index is 1.15. The molecule has 1 saturated heterocycles. The topological polar surface area (TPSA) is 63.7 Å². The molecule has 0 N–H and O–H groups in total. The molecule has 0 spiro atoms. The molecule has 6 nitrogen and oxygen atoms in total. The van der Waals surface area contributed by atoms with E-state index in [2.05, 4.69) is 34.9 Å². The molecule has 31 heavy (non-hydrogen) atoms. The molecule has 1 amide bonds. The number of carbonyl (C=O) groups is 1. The Morgan fingerprint density at radius 3 is 2.68 bits per heavy atom. The molecule has 5 rings (SSSR count). The van der Waals surface area contributed by atoms with Gasteiger partial charge in [0.1, 0.15) is 17.6 Å². The molecule has 3 aliphatic rings. The number of nitriles is 1. The van der Waals surface area contributed by atoms with E-state index in [9.17, 15) is 10.1 Å². The van der Waals surface area contributed by atoms with E-state index in [1.807, 2.05) is 22.4 Å². The summed E-state index contributed by atoms with van der Waals surface area (Å²) in [6, 6.07) is 10.9. The van der Waals surface area contributed by atoms with Gasteiger partial charge in [0.25, 0.3) is 0 Å². The predicted molar refractivity (Wildman–Crippen MR) is 119 cm³/mol. The van der Waals surface area contributed by atoms with Gasteiger partial charge in [-0.15, -0.1) is 11.3 Å². The number of piperazine rings is 1. The molecule has 164 valence electrons. The Morgan fingerprint density at radius 1 is 1.29 bits per heavy atom. The van der Waals surface area contributed by atoms with Gasteiger partial charge in [0.2, 0.25) is 5.91 Å². The van der Waals surface area contributed by atoms with Crippen LogP contribution in [0.4, 0.5) is 0 Å². The minimum atomic E-state index is -0.206. The first-order chi connectivity index (χ1) is 15.1. The van der Waals surface area contributed by atoms with Crippen LogP contribution < -0.4 is 0 Å². The quantitative estimate of drug-likeness (QED) is 0.627. The molecule has 0 unspecified atom stereocenters. The van der Waals surface area contributed by atoms with Crippen LogP contribution in [0.5, 0.6) is 0 Å². The maximum absolute atomic E-state index is 13.0. The number of thiophene rings is 1. The molecular weight excluding hydrogens is 408 g/mol. The number of amides is 1. The normalized spacial score (nSPS) is 24.9. The van der Waals surface area contributed by atoms with Crippen LogP contribution in [0.15, 0.2) is 34.1 Å². The van der Waals surface area contributed by atoms with Crippen molar-refractivity contribution in [3.05, 3.63) is 46.0 Å². The van der Waals surface area contributed by atoms with Crippen molar-refractivity contribution >= 4 is 17.2 Å². The summed E-state index contributed by atoms with van der Waals surface area (Å²) in [5, 5.41) is 11.6.